The molecule has 0 atom stereocenters. The van der Waals surface area contributed by atoms with Crippen LogP contribution in [-0.4, -0.2) is 42.6 Å². The van der Waals surface area contributed by atoms with E-state index in [1.807, 2.05) is 12.3 Å². The van der Waals surface area contributed by atoms with Crippen molar-refractivity contribution in [2.24, 2.45) is 0 Å². The van der Waals surface area contributed by atoms with Gasteiger partial charge >= 0.3 is 0 Å². The number of anilines is 1. The molecule has 2 heterocycles. The molecule has 1 fully saturated rings. The minimum absolute atomic E-state index is 0.152. The third-order valence-electron chi connectivity index (χ3n) is 6.14. The maximum absolute atomic E-state index is 12.2. The van der Waals surface area contributed by atoms with Crippen molar-refractivity contribution < 1.29 is 8.42 Å². The van der Waals surface area contributed by atoms with Gasteiger partial charge in [0.2, 0.25) is 10.0 Å². The van der Waals surface area contributed by atoms with Crippen LogP contribution in [0.4, 0.5) is 5.69 Å². The first-order valence-electron chi connectivity index (χ1n) is 11.1. The first-order chi connectivity index (χ1) is 15.5. The maximum atomic E-state index is 12.2. The van der Waals surface area contributed by atoms with Gasteiger partial charge in [0.05, 0.1) is 11.8 Å². The molecule has 0 bridgehead atoms. The van der Waals surface area contributed by atoms with Crippen molar-refractivity contribution in [1.29, 1.82) is 5.26 Å². The van der Waals surface area contributed by atoms with E-state index in [0.29, 0.717) is 19.5 Å². The Bertz CT molecular complexity index is 1230. The summed E-state index contributed by atoms with van der Waals surface area (Å²) in [6.07, 6.45) is 6.52. The van der Waals surface area contributed by atoms with E-state index >= 15 is 0 Å². The molecule has 1 saturated heterocycles. The molecule has 0 unspecified atom stereocenters. The number of aromatic nitrogens is 1. The molecule has 1 aromatic heterocycles. The summed E-state index contributed by atoms with van der Waals surface area (Å²) < 4.78 is 25.9. The van der Waals surface area contributed by atoms with E-state index in [4.69, 9.17) is 5.26 Å². The van der Waals surface area contributed by atoms with E-state index < -0.39 is 10.0 Å². The molecular formula is C25H28N4O2S. The Labute approximate surface area is 189 Å². The number of sulfonamides is 1. The number of benzene rings is 2. The lowest BCUT2D eigenvalue weighted by molar-refractivity contribution is 0.330. The lowest BCUT2D eigenvalue weighted by Gasteiger charge is -2.32. The van der Waals surface area contributed by atoms with Gasteiger partial charge < -0.3 is 5.32 Å². The van der Waals surface area contributed by atoms with E-state index in [1.54, 1.807) is 17.4 Å². The summed E-state index contributed by atoms with van der Waals surface area (Å²) in [5.41, 5.74) is 4.42. The third-order valence-corrected chi connectivity index (χ3v) is 8.02. The molecule has 32 heavy (non-hydrogen) atoms. The Hall–Kier alpha value is -2.95. The quantitative estimate of drug-likeness (QED) is 0.572. The smallest absolute Gasteiger partial charge is 0.213 e. The molecule has 0 aliphatic carbocycles. The molecule has 1 aliphatic heterocycles. The fourth-order valence-electron chi connectivity index (χ4n) is 4.23. The molecule has 6 nitrogen and oxygen atoms in total. The number of pyridine rings is 1. The highest BCUT2D eigenvalue weighted by Crippen LogP contribution is 2.32. The second-order valence-corrected chi connectivity index (χ2v) is 10.5. The molecule has 166 valence electrons. The van der Waals surface area contributed by atoms with Crippen LogP contribution in [0.25, 0.3) is 21.9 Å². The van der Waals surface area contributed by atoms with Crippen LogP contribution in [-0.2, 0) is 16.4 Å². The van der Waals surface area contributed by atoms with Gasteiger partial charge in [-0.3, -0.25) is 4.98 Å². The molecule has 0 radical (unpaired) electrons. The zero-order valence-electron chi connectivity index (χ0n) is 18.3. The number of piperidine rings is 1. The minimum Gasteiger partial charge on any atom is -0.382 e. The van der Waals surface area contributed by atoms with Crippen molar-refractivity contribution in [3.05, 3.63) is 60.4 Å². The zero-order valence-corrected chi connectivity index (χ0v) is 19.1. The number of hydrogen-bond acceptors (Lipinski definition) is 5. The Morgan fingerprint density at radius 1 is 1.12 bits per heavy atom. The predicted octanol–water partition coefficient (Wildman–Crippen LogP) is 4.58. The fourth-order valence-corrected chi connectivity index (χ4v) is 5.36. The Morgan fingerprint density at radius 3 is 2.56 bits per heavy atom. The number of hydrogen-bond donors (Lipinski definition) is 1. The molecule has 1 N–H and O–H groups in total. The predicted molar refractivity (Wildman–Crippen MR) is 129 cm³/mol. The third kappa shape index (κ3) is 4.93. The highest BCUT2D eigenvalue weighted by molar-refractivity contribution is 7.89. The van der Waals surface area contributed by atoms with Gasteiger partial charge in [-0.25, -0.2) is 12.7 Å². The van der Waals surface area contributed by atoms with Crippen molar-refractivity contribution in [2.75, 3.05) is 24.2 Å². The topological polar surface area (TPSA) is 86.1 Å². The molecule has 4 rings (SSSR count). The lowest BCUT2D eigenvalue weighted by atomic mass is 9.98. The second-order valence-electron chi connectivity index (χ2n) is 8.19. The molecular weight excluding hydrogens is 420 g/mol. The summed E-state index contributed by atoms with van der Waals surface area (Å²) in [4.78, 5) is 4.31. The largest absolute Gasteiger partial charge is 0.382 e. The summed E-state index contributed by atoms with van der Waals surface area (Å²) in [6, 6.07) is 17.1. The zero-order chi connectivity index (χ0) is 22.6. The number of fused-ring (bicyclic) bond motifs is 1. The van der Waals surface area contributed by atoms with Crippen LogP contribution >= 0.6 is 0 Å². The van der Waals surface area contributed by atoms with E-state index in [0.717, 1.165) is 52.4 Å². The second kappa shape index (κ2) is 9.68. The van der Waals surface area contributed by atoms with Gasteiger partial charge in [0, 0.05) is 49.0 Å². The first kappa shape index (κ1) is 22.3. The van der Waals surface area contributed by atoms with E-state index in [2.05, 4.69) is 52.8 Å². The molecule has 7 heteroatoms. The van der Waals surface area contributed by atoms with Crippen molar-refractivity contribution in [3.63, 3.8) is 0 Å². The Kier molecular flexibility index (Phi) is 6.73. The number of nitrogens with zero attached hydrogens (tertiary/aromatic N) is 3. The summed E-state index contributed by atoms with van der Waals surface area (Å²) in [6.45, 7) is 2.79. The molecule has 0 spiro atoms. The fraction of sp³-hybridized carbons (Fsp3) is 0.360. The van der Waals surface area contributed by atoms with E-state index in [9.17, 15) is 8.42 Å². The molecule has 3 aromatic rings. The summed E-state index contributed by atoms with van der Waals surface area (Å²) in [7, 11) is -3.13. The van der Waals surface area contributed by atoms with Crippen LogP contribution in [0.3, 0.4) is 0 Å². The van der Waals surface area contributed by atoms with Crippen LogP contribution in [0.1, 0.15) is 31.7 Å². The average Bonchev–Trinajstić information content (AvgIpc) is 2.83. The van der Waals surface area contributed by atoms with Gasteiger partial charge in [0.1, 0.15) is 0 Å². The summed E-state index contributed by atoms with van der Waals surface area (Å²) in [5, 5.41) is 14.6. The molecule has 0 amide bonds. The van der Waals surface area contributed by atoms with Crippen LogP contribution in [0, 0.1) is 11.3 Å². The monoisotopic (exact) mass is 448 g/mol. The first-order valence-corrected chi connectivity index (χ1v) is 12.7. The van der Waals surface area contributed by atoms with E-state index in [-0.39, 0.29) is 11.8 Å². The Morgan fingerprint density at radius 2 is 1.88 bits per heavy atom. The number of rotatable bonds is 7. The molecule has 0 saturated carbocycles. The van der Waals surface area contributed by atoms with Gasteiger partial charge in [-0.15, -0.1) is 0 Å². The SMILES string of the molecule is CCS(=O)(=O)N1CCC(Nc2cc(-c3ccc(CCC#N)cc3)cc3ccncc23)CC1. The van der Waals surface area contributed by atoms with Gasteiger partial charge in [-0.2, -0.15) is 5.26 Å². The minimum atomic E-state index is -3.13. The Balaban J connectivity index is 1.57. The summed E-state index contributed by atoms with van der Waals surface area (Å²) in [5.74, 6) is 0.152. The van der Waals surface area contributed by atoms with Crippen LogP contribution in [0.15, 0.2) is 54.9 Å². The van der Waals surface area contributed by atoms with E-state index in [1.165, 1.54) is 0 Å². The van der Waals surface area contributed by atoms with Crippen molar-refractivity contribution in [1.82, 2.24) is 9.29 Å². The van der Waals surface area contributed by atoms with Crippen molar-refractivity contribution in [3.8, 4) is 17.2 Å². The molecule has 2 aromatic carbocycles. The number of aryl methyl sites for hydroxylation is 1. The number of nitrogens with one attached hydrogen (secondary N) is 1. The van der Waals surface area contributed by atoms with Crippen LogP contribution < -0.4 is 5.32 Å². The van der Waals surface area contributed by atoms with Gasteiger partial charge in [-0.05, 0) is 66.5 Å². The lowest BCUT2D eigenvalue weighted by Crippen LogP contribution is -2.42. The number of nitriles is 1. The summed E-state index contributed by atoms with van der Waals surface area (Å²) >= 11 is 0. The average molecular weight is 449 g/mol. The van der Waals surface area contributed by atoms with Crippen LogP contribution in [0.5, 0.6) is 0 Å². The van der Waals surface area contributed by atoms with Crippen molar-refractivity contribution >= 4 is 26.5 Å². The molecule has 1 aliphatic rings. The maximum Gasteiger partial charge on any atom is 0.213 e. The van der Waals surface area contributed by atoms with Gasteiger partial charge in [0.15, 0.2) is 0 Å². The van der Waals surface area contributed by atoms with Crippen molar-refractivity contribution in [2.45, 2.75) is 38.6 Å². The van der Waals surface area contributed by atoms with Gasteiger partial charge in [-0.1, -0.05) is 24.3 Å². The highest BCUT2D eigenvalue weighted by atomic mass is 32.2. The standard InChI is InChI=1S/C25H28N4O2S/c1-2-32(30,31)29-14-10-23(11-15-29)28-25-17-22(16-21-9-13-27-18-24(21)25)20-7-5-19(6-8-20)4-3-12-26/h5-9,13,16-18,23,28H,2-4,10-11,14-15H2,1H3. The van der Waals surface area contributed by atoms with Crippen LogP contribution in [0.2, 0.25) is 0 Å². The van der Waals surface area contributed by atoms with Gasteiger partial charge in [0.25, 0.3) is 0 Å². The normalized spacial score (nSPS) is 15.5. The highest BCUT2D eigenvalue weighted by Gasteiger charge is 2.26.